The zero-order valence-electron chi connectivity index (χ0n) is 31.2. The number of rotatable bonds is 6. The summed E-state index contributed by atoms with van der Waals surface area (Å²) in [5.41, 5.74) is 11.6. The smallest absolute Gasteiger partial charge is 0.189 e. The summed E-state index contributed by atoms with van der Waals surface area (Å²) in [5, 5.41) is 4.54. The summed E-state index contributed by atoms with van der Waals surface area (Å²) in [6, 6.07) is 66.9. The van der Waals surface area contributed by atoms with Gasteiger partial charge in [0, 0.05) is 55.0 Å². The van der Waals surface area contributed by atoms with Crippen molar-refractivity contribution in [1.29, 1.82) is 0 Å². The van der Waals surface area contributed by atoms with Crippen LogP contribution < -0.4 is 0 Å². The average Bonchev–Trinajstić information content (AvgIpc) is 3.82. The van der Waals surface area contributed by atoms with Gasteiger partial charge in [0.05, 0.1) is 28.8 Å². The molecule has 0 aliphatic carbocycles. The number of hydrogen-bond acceptors (Lipinski definition) is 3. The fraction of sp³-hybridized carbons (Fsp3) is 0. The van der Waals surface area contributed by atoms with E-state index < -0.39 is 0 Å². The Morgan fingerprint density at radius 1 is 0.379 bits per heavy atom. The summed E-state index contributed by atoms with van der Waals surface area (Å²) in [6.07, 6.45) is 0. The van der Waals surface area contributed by atoms with Crippen LogP contribution in [-0.2, 0) is 0 Å². The second kappa shape index (κ2) is 13.6. The quantitative estimate of drug-likeness (QED) is 0.160. The Bertz CT molecular complexity index is 3340. The molecule has 3 aromatic heterocycles. The molecule has 0 N–H and O–H groups in total. The van der Waals surface area contributed by atoms with Gasteiger partial charge in [-0.2, -0.15) is 0 Å². The third-order valence-electron chi connectivity index (χ3n) is 11.0. The first-order valence-corrected chi connectivity index (χ1v) is 19.2. The number of fused-ring (bicyclic) bond motifs is 6. The average molecular weight is 741 g/mol. The van der Waals surface area contributed by atoms with E-state index in [1.165, 1.54) is 10.8 Å². The zero-order chi connectivity index (χ0) is 38.6. The first-order valence-electron chi connectivity index (χ1n) is 19.2. The minimum Gasteiger partial charge on any atom is -0.310 e. The van der Waals surface area contributed by atoms with Crippen LogP contribution in [-0.4, -0.2) is 24.1 Å². The molecule has 0 amide bonds. The van der Waals surface area contributed by atoms with E-state index in [1.54, 1.807) is 0 Å². The molecule has 0 radical (unpaired) electrons. The maximum Gasteiger partial charge on any atom is 0.189 e. The van der Waals surface area contributed by atoms with Gasteiger partial charge >= 0.3 is 0 Å². The van der Waals surface area contributed by atoms with Gasteiger partial charge in [-0.25, -0.2) is 19.8 Å². The van der Waals surface area contributed by atoms with Crippen LogP contribution >= 0.6 is 0 Å². The van der Waals surface area contributed by atoms with Crippen LogP contribution in [0.2, 0.25) is 0 Å². The topological polar surface area (TPSA) is 52.9 Å². The van der Waals surface area contributed by atoms with Crippen molar-refractivity contribution < 1.29 is 0 Å². The van der Waals surface area contributed by atoms with Crippen LogP contribution in [0.5, 0.6) is 0 Å². The van der Waals surface area contributed by atoms with Crippen LogP contribution in [0, 0.1) is 6.57 Å². The van der Waals surface area contributed by atoms with Gasteiger partial charge in [-0.05, 0) is 48.0 Å². The van der Waals surface area contributed by atoms with E-state index in [9.17, 15) is 0 Å². The molecule has 0 spiro atoms. The largest absolute Gasteiger partial charge is 0.310 e. The van der Waals surface area contributed by atoms with Crippen molar-refractivity contribution in [2.45, 2.75) is 0 Å². The molecule has 0 saturated carbocycles. The van der Waals surface area contributed by atoms with Crippen LogP contribution in [0.15, 0.2) is 194 Å². The third-order valence-corrected chi connectivity index (χ3v) is 11.0. The van der Waals surface area contributed by atoms with Gasteiger partial charge in [-0.3, -0.25) is 0 Å². The van der Waals surface area contributed by atoms with Gasteiger partial charge in [-0.15, -0.1) is 0 Å². The summed E-state index contributed by atoms with van der Waals surface area (Å²) < 4.78 is 4.63. The molecule has 58 heavy (non-hydrogen) atoms. The highest BCUT2D eigenvalue weighted by Crippen LogP contribution is 2.42. The molecule has 6 heteroatoms. The van der Waals surface area contributed by atoms with E-state index in [0.717, 1.165) is 72.0 Å². The van der Waals surface area contributed by atoms with E-state index in [0.29, 0.717) is 23.2 Å². The first kappa shape index (κ1) is 33.2. The molecule has 0 aliphatic heterocycles. The number of aromatic nitrogens is 5. The highest BCUT2D eigenvalue weighted by molar-refractivity contribution is 6.14. The number of hydrogen-bond donors (Lipinski definition) is 0. The van der Waals surface area contributed by atoms with Crippen molar-refractivity contribution in [1.82, 2.24) is 24.1 Å². The maximum atomic E-state index is 7.91. The van der Waals surface area contributed by atoms with Gasteiger partial charge in [0.15, 0.2) is 23.2 Å². The lowest BCUT2D eigenvalue weighted by Crippen LogP contribution is -2.04. The van der Waals surface area contributed by atoms with Crippen molar-refractivity contribution in [2.24, 2.45) is 0 Å². The standard InChI is InChI=1S/C52H32N6/c1-53-37-29-30-42-40-22-11-14-27-46(40)58(48(42)33-37)47-31-28-36(39-24-15-25-43-41-23-12-13-26-45(41)57(49(39)43)38-20-9-4-10-21-38)32-44(47)52-55-50(34-16-5-2-6-17-34)54-51(56-52)35-18-7-3-8-19-35/h2-33H. The minimum absolute atomic E-state index is 0.549. The maximum absolute atomic E-state index is 7.91. The molecule has 0 fully saturated rings. The molecular weight excluding hydrogens is 709 g/mol. The lowest BCUT2D eigenvalue weighted by atomic mass is 9.98. The number of benzene rings is 8. The van der Waals surface area contributed by atoms with Crippen LogP contribution in [0.25, 0.3) is 105 Å². The molecule has 0 atom stereocenters. The molecule has 0 bridgehead atoms. The number of para-hydroxylation sites is 4. The minimum atomic E-state index is 0.549. The molecule has 270 valence electrons. The zero-order valence-corrected chi connectivity index (χ0v) is 31.2. The lowest BCUT2D eigenvalue weighted by Gasteiger charge is -2.17. The Morgan fingerprint density at radius 2 is 0.931 bits per heavy atom. The molecule has 11 aromatic rings. The normalized spacial score (nSPS) is 11.4. The van der Waals surface area contributed by atoms with Crippen molar-refractivity contribution in [3.8, 4) is 56.7 Å². The SMILES string of the molecule is [C-]#[N+]c1ccc2c3ccccc3n(-c3ccc(-c4cccc5c6ccccc6n(-c6ccccc6)c45)cc3-c3nc(-c4ccccc4)nc(-c4ccccc4)n3)c2c1. The van der Waals surface area contributed by atoms with E-state index in [-0.39, 0.29) is 0 Å². The van der Waals surface area contributed by atoms with Crippen molar-refractivity contribution in [3.05, 3.63) is 206 Å². The van der Waals surface area contributed by atoms with Crippen LogP contribution in [0.3, 0.4) is 0 Å². The fourth-order valence-electron chi connectivity index (χ4n) is 8.39. The Kier molecular flexibility index (Phi) is 7.76. The molecule has 8 aromatic carbocycles. The fourth-order valence-corrected chi connectivity index (χ4v) is 8.39. The Hall–Kier alpha value is -8.14. The van der Waals surface area contributed by atoms with E-state index in [1.807, 2.05) is 72.8 Å². The second-order valence-corrected chi connectivity index (χ2v) is 14.3. The molecule has 0 unspecified atom stereocenters. The van der Waals surface area contributed by atoms with Gasteiger partial charge in [0.25, 0.3) is 0 Å². The molecule has 0 aliphatic rings. The molecule has 6 nitrogen and oxygen atoms in total. The monoisotopic (exact) mass is 740 g/mol. The second-order valence-electron chi connectivity index (χ2n) is 14.3. The highest BCUT2D eigenvalue weighted by Gasteiger charge is 2.22. The van der Waals surface area contributed by atoms with Gasteiger partial charge in [0.1, 0.15) is 0 Å². The highest BCUT2D eigenvalue weighted by atomic mass is 15.1. The molecule has 11 rings (SSSR count). The predicted octanol–water partition coefficient (Wildman–Crippen LogP) is 13.3. The Balaban J connectivity index is 1.25. The van der Waals surface area contributed by atoms with Crippen molar-refractivity contribution in [3.63, 3.8) is 0 Å². The molecular formula is C52H32N6. The Labute approximate surface area is 334 Å². The number of nitrogens with zero attached hydrogens (tertiary/aromatic N) is 6. The van der Waals surface area contributed by atoms with E-state index >= 15 is 0 Å². The Morgan fingerprint density at radius 3 is 1.60 bits per heavy atom. The van der Waals surface area contributed by atoms with Gasteiger partial charge in [-0.1, -0.05) is 152 Å². The van der Waals surface area contributed by atoms with Gasteiger partial charge in [0.2, 0.25) is 0 Å². The van der Waals surface area contributed by atoms with Crippen LogP contribution in [0.4, 0.5) is 5.69 Å². The van der Waals surface area contributed by atoms with Crippen molar-refractivity contribution in [2.75, 3.05) is 0 Å². The summed E-state index contributed by atoms with van der Waals surface area (Å²) in [5.74, 6) is 1.72. The summed E-state index contributed by atoms with van der Waals surface area (Å²) in [4.78, 5) is 19.4. The lowest BCUT2D eigenvalue weighted by molar-refractivity contribution is 1.06. The summed E-state index contributed by atoms with van der Waals surface area (Å²) in [6.45, 7) is 7.91. The molecule has 0 saturated heterocycles. The third kappa shape index (κ3) is 5.37. The first-order chi connectivity index (χ1) is 28.7. The van der Waals surface area contributed by atoms with Crippen LogP contribution in [0.1, 0.15) is 0 Å². The summed E-state index contributed by atoms with van der Waals surface area (Å²) in [7, 11) is 0. The summed E-state index contributed by atoms with van der Waals surface area (Å²) >= 11 is 0. The van der Waals surface area contributed by atoms with Gasteiger partial charge < -0.3 is 9.13 Å². The van der Waals surface area contributed by atoms with E-state index in [4.69, 9.17) is 21.5 Å². The molecule has 3 heterocycles. The van der Waals surface area contributed by atoms with Crippen molar-refractivity contribution >= 4 is 49.3 Å². The van der Waals surface area contributed by atoms with E-state index in [2.05, 4.69) is 135 Å². The predicted molar refractivity (Wildman–Crippen MR) is 237 cm³/mol.